The Morgan fingerprint density at radius 3 is 2.02 bits per heavy atom. The number of para-hydroxylation sites is 2. The molecule has 7 aromatic carbocycles. The molecule has 0 saturated carbocycles. The van der Waals surface area contributed by atoms with Crippen LogP contribution >= 0.6 is 11.3 Å². The van der Waals surface area contributed by atoms with E-state index in [0.29, 0.717) is 0 Å². The van der Waals surface area contributed by atoms with E-state index >= 15 is 0 Å². The van der Waals surface area contributed by atoms with E-state index in [1.165, 1.54) is 63.9 Å². The molecule has 10 rings (SSSR count). The Bertz CT molecular complexity index is 2790. The fourth-order valence-electron chi connectivity index (χ4n) is 7.27. The maximum Gasteiger partial charge on any atom is 0.0788 e. The van der Waals surface area contributed by atoms with Gasteiger partial charge in [0, 0.05) is 53.0 Å². The molecular formula is C43H26N2S. The van der Waals surface area contributed by atoms with E-state index in [9.17, 15) is 0 Å². The van der Waals surface area contributed by atoms with Crippen molar-refractivity contribution in [3.8, 4) is 28.1 Å². The molecule has 0 saturated heterocycles. The van der Waals surface area contributed by atoms with Crippen LogP contribution in [-0.4, -0.2) is 9.55 Å². The fraction of sp³-hybridized carbons (Fsp3) is 0. The summed E-state index contributed by atoms with van der Waals surface area (Å²) in [7, 11) is 0. The Morgan fingerprint density at radius 1 is 0.435 bits per heavy atom. The zero-order valence-electron chi connectivity index (χ0n) is 24.8. The molecule has 0 atom stereocenters. The normalized spacial score (nSPS) is 11.9. The summed E-state index contributed by atoms with van der Waals surface area (Å²) in [5.41, 5.74) is 9.19. The van der Waals surface area contributed by atoms with Crippen molar-refractivity contribution < 1.29 is 0 Å². The van der Waals surface area contributed by atoms with Crippen LogP contribution in [0.1, 0.15) is 0 Å². The van der Waals surface area contributed by atoms with Crippen molar-refractivity contribution in [2.45, 2.75) is 0 Å². The minimum atomic E-state index is 1.01. The molecule has 0 fully saturated rings. The van der Waals surface area contributed by atoms with E-state index in [0.717, 1.165) is 27.8 Å². The first-order valence-corrected chi connectivity index (χ1v) is 16.5. The lowest BCUT2D eigenvalue weighted by molar-refractivity contribution is 1.18. The number of nitrogens with zero attached hydrogens (tertiary/aromatic N) is 2. The second kappa shape index (κ2) is 9.87. The average molecular weight is 603 g/mol. The number of benzene rings is 7. The van der Waals surface area contributed by atoms with Gasteiger partial charge in [0.15, 0.2) is 0 Å². The van der Waals surface area contributed by atoms with E-state index in [1.807, 2.05) is 11.3 Å². The molecule has 214 valence electrons. The minimum absolute atomic E-state index is 1.01. The zero-order valence-corrected chi connectivity index (χ0v) is 25.6. The van der Waals surface area contributed by atoms with Crippen LogP contribution in [0.5, 0.6) is 0 Å². The van der Waals surface area contributed by atoms with Crippen LogP contribution in [0.2, 0.25) is 0 Å². The largest absolute Gasteiger partial charge is 0.309 e. The second-order valence-corrected chi connectivity index (χ2v) is 13.0. The van der Waals surface area contributed by atoms with Crippen LogP contribution in [0.25, 0.3) is 91.7 Å². The molecule has 0 unspecified atom stereocenters. The molecule has 0 amide bonds. The lowest BCUT2D eigenvalue weighted by Gasteiger charge is -2.13. The first kappa shape index (κ1) is 25.5. The third-order valence-electron chi connectivity index (χ3n) is 9.38. The molecule has 0 bridgehead atoms. The van der Waals surface area contributed by atoms with Gasteiger partial charge in [-0.15, -0.1) is 11.3 Å². The van der Waals surface area contributed by atoms with Crippen molar-refractivity contribution in [1.82, 2.24) is 9.55 Å². The molecule has 3 aromatic heterocycles. The lowest BCUT2D eigenvalue weighted by Crippen LogP contribution is -1.95. The van der Waals surface area contributed by atoms with Gasteiger partial charge in [-0.3, -0.25) is 0 Å². The third kappa shape index (κ3) is 3.73. The van der Waals surface area contributed by atoms with Crippen molar-refractivity contribution in [2.75, 3.05) is 0 Å². The second-order valence-electron chi connectivity index (χ2n) is 11.9. The molecule has 0 N–H and O–H groups in total. The van der Waals surface area contributed by atoms with Crippen molar-refractivity contribution >= 4 is 75.0 Å². The Balaban J connectivity index is 1.22. The summed E-state index contributed by atoms with van der Waals surface area (Å²) in [5, 5.41) is 8.72. The summed E-state index contributed by atoms with van der Waals surface area (Å²) in [5.74, 6) is 0. The molecule has 3 heteroatoms. The topological polar surface area (TPSA) is 17.8 Å². The van der Waals surface area contributed by atoms with Gasteiger partial charge in [0.25, 0.3) is 0 Å². The monoisotopic (exact) mass is 602 g/mol. The molecule has 0 radical (unpaired) electrons. The van der Waals surface area contributed by atoms with E-state index in [4.69, 9.17) is 4.98 Å². The van der Waals surface area contributed by atoms with Crippen LogP contribution in [0.3, 0.4) is 0 Å². The van der Waals surface area contributed by atoms with Gasteiger partial charge in [-0.05, 0) is 59.0 Å². The van der Waals surface area contributed by atoms with Gasteiger partial charge < -0.3 is 4.57 Å². The Labute approximate surface area is 269 Å². The van der Waals surface area contributed by atoms with Crippen molar-refractivity contribution in [1.29, 1.82) is 0 Å². The molecule has 10 aromatic rings. The minimum Gasteiger partial charge on any atom is -0.309 e. The highest BCUT2D eigenvalue weighted by atomic mass is 32.1. The number of fused-ring (bicyclic) bond motifs is 9. The highest BCUT2D eigenvalue weighted by molar-refractivity contribution is 7.26. The van der Waals surface area contributed by atoms with Gasteiger partial charge >= 0.3 is 0 Å². The predicted octanol–water partition coefficient (Wildman–Crippen LogP) is 12.2. The van der Waals surface area contributed by atoms with Gasteiger partial charge in [-0.25, -0.2) is 4.98 Å². The van der Waals surface area contributed by atoms with Gasteiger partial charge in [-0.1, -0.05) is 115 Å². The summed E-state index contributed by atoms with van der Waals surface area (Å²) < 4.78 is 5.09. The molecule has 2 nitrogen and oxygen atoms in total. The third-order valence-corrected chi connectivity index (χ3v) is 10.6. The molecule has 0 aliphatic rings. The van der Waals surface area contributed by atoms with E-state index < -0.39 is 0 Å². The van der Waals surface area contributed by atoms with Crippen LogP contribution in [0, 0.1) is 0 Å². The van der Waals surface area contributed by atoms with Crippen molar-refractivity contribution in [3.63, 3.8) is 0 Å². The number of pyridine rings is 1. The highest BCUT2D eigenvalue weighted by Gasteiger charge is 2.18. The SMILES string of the molecule is c1ccc(-c2nc3ccccc3c3cc4c5ccccc5n(-c5ccc(-c6cccc7c6sc6ccccc67)cc5)c4cc23)cc1. The number of aromatic nitrogens is 2. The first-order chi connectivity index (χ1) is 22.8. The van der Waals surface area contributed by atoms with Crippen LogP contribution in [0.4, 0.5) is 0 Å². The molecular weight excluding hydrogens is 577 g/mol. The fourth-order valence-corrected chi connectivity index (χ4v) is 8.51. The van der Waals surface area contributed by atoms with Gasteiger partial charge in [-0.2, -0.15) is 0 Å². The molecule has 0 aliphatic heterocycles. The number of thiophene rings is 1. The summed E-state index contributed by atoms with van der Waals surface area (Å²) in [6, 6.07) is 57.1. The van der Waals surface area contributed by atoms with E-state index in [2.05, 4.69) is 162 Å². The molecule has 46 heavy (non-hydrogen) atoms. The maximum atomic E-state index is 5.21. The van der Waals surface area contributed by atoms with Gasteiger partial charge in [0.2, 0.25) is 0 Å². The van der Waals surface area contributed by atoms with Gasteiger partial charge in [0.1, 0.15) is 0 Å². The van der Waals surface area contributed by atoms with E-state index in [1.54, 1.807) is 0 Å². The first-order valence-electron chi connectivity index (χ1n) is 15.6. The summed E-state index contributed by atoms with van der Waals surface area (Å²) in [4.78, 5) is 5.21. The summed E-state index contributed by atoms with van der Waals surface area (Å²) in [6.45, 7) is 0. The lowest BCUT2D eigenvalue weighted by atomic mass is 9.98. The Morgan fingerprint density at radius 2 is 1.15 bits per heavy atom. The maximum absolute atomic E-state index is 5.21. The summed E-state index contributed by atoms with van der Waals surface area (Å²) in [6.07, 6.45) is 0. The predicted molar refractivity (Wildman–Crippen MR) is 197 cm³/mol. The van der Waals surface area contributed by atoms with Crippen LogP contribution in [-0.2, 0) is 0 Å². The Kier molecular flexibility index (Phi) is 5.48. The highest BCUT2D eigenvalue weighted by Crippen LogP contribution is 2.42. The number of rotatable bonds is 3. The molecule has 3 heterocycles. The van der Waals surface area contributed by atoms with Crippen molar-refractivity contribution in [3.05, 3.63) is 158 Å². The van der Waals surface area contributed by atoms with Crippen LogP contribution < -0.4 is 0 Å². The van der Waals surface area contributed by atoms with Crippen LogP contribution in [0.15, 0.2) is 158 Å². The van der Waals surface area contributed by atoms with Crippen molar-refractivity contribution in [2.24, 2.45) is 0 Å². The Hall–Kier alpha value is -5.77. The zero-order chi connectivity index (χ0) is 30.2. The van der Waals surface area contributed by atoms with Gasteiger partial charge in [0.05, 0.1) is 22.2 Å². The average Bonchev–Trinajstić information content (AvgIpc) is 3.66. The quantitative estimate of drug-likeness (QED) is 0.184. The summed E-state index contributed by atoms with van der Waals surface area (Å²) >= 11 is 1.88. The molecule has 0 spiro atoms. The standard InChI is InChI=1S/C43H26N2S/c1-2-11-28(12-3-1)42-37-26-40-36(25-35(37)31-13-4-7-18-38(31)44-42)32-14-5-8-19-39(32)45(40)29-23-21-27(22-24-29)30-16-10-17-34-33-15-6-9-20-41(33)46-43(30)34/h1-26H. The number of hydrogen-bond donors (Lipinski definition) is 0. The van der Waals surface area contributed by atoms with E-state index in [-0.39, 0.29) is 0 Å². The number of hydrogen-bond acceptors (Lipinski definition) is 2. The molecule has 0 aliphatic carbocycles. The smallest absolute Gasteiger partial charge is 0.0788 e.